The van der Waals surface area contributed by atoms with Crippen LogP contribution < -0.4 is 10.1 Å². The molecule has 0 bridgehead atoms. The number of hydrogen-bond acceptors (Lipinski definition) is 8. The molecular formula is C32H33N3O5. The molecule has 0 saturated carbocycles. The lowest BCUT2D eigenvalue weighted by molar-refractivity contribution is 0.0600. The average Bonchev–Trinajstić information content (AvgIpc) is 3.35. The number of aromatic nitrogens is 1. The lowest BCUT2D eigenvalue weighted by Crippen LogP contribution is -2.46. The van der Waals surface area contributed by atoms with Gasteiger partial charge in [-0.2, -0.15) is 0 Å². The summed E-state index contributed by atoms with van der Waals surface area (Å²) in [6.07, 6.45) is 6.30. The van der Waals surface area contributed by atoms with Crippen molar-refractivity contribution in [3.05, 3.63) is 101 Å². The van der Waals surface area contributed by atoms with E-state index >= 15 is 0 Å². The molecule has 0 unspecified atom stereocenters. The van der Waals surface area contributed by atoms with Crippen molar-refractivity contribution in [2.45, 2.75) is 38.3 Å². The Balaban J connectivity index is 1.11. The highest BCUT2D eigenvalue weighted by Gasteiger charge is 2.26. The number of aliphatic imine (C=N–C) groups is 1. The van der Waals surface area contributed by atoms with E-state index in [9.17, 15) is 9.90 Å². The van der Waals surface area contributed by atoms with E-state index in [-0.39, 0.29) is 12.1 Å². The van der Waals surface area contributed by atoms with Gasteiger partial charge in [0.2, 0.25) is 5.88 Å². The lowest BCUT2D eigenvalue weighted by atomic mass is 9.94. The molecule has 3 aromatic rings. The van der Waals surface area contributed by atoms with Crippen LogP contribution in [0, 0.1) is 0 Å². The zero-order valence-electron chi connectivity index (χ0n) is 22.9. The van der Waals surface area contributed by atoms with Crippen molar-refractivity contribution >= 4 is 22.9 Å². The van der Waals surface area contributed by atoms with E-state index in [1.807, 2.05) is 54.6 Å². The molecule has 8 nitrogen and oxygen atoms in total. The highest BCUT2D eigenvalue weighted by Crippen LogP contribution is 2.39. The largest absolute Gasteiger partial charge is 0.490 e. The molecule has 1 aliphatic carbocycles. The number of ether oxygens (including phenoxy) is 3. The van der Waals surface area contributed by atoms with Crippen molar-refractivity contribution in [2.24, 2.45) is 4.99 Å². The SMILES string of the molecule is COC(=O)c1ccc(Oc2ccc(CC(C)(C)NC[C@H](O)COC3=C4C(=Nc5ccccc54)CC=C3)cc2)nc1. The summed E-state index contributed by atoms with van der Waals surface area (Å²) in [7, 11) is 1.33. The van der Waals surface area contributed by atoms with Crippen molar-refractivity contribution in [1.29, 1.82) is 0 Å². The van der Waals surface area contributed by atoms with Gasteiger partial charge in [-0.3, -0.25) is 4.99 Å². The van der Waals surface area contributed by atoms with E-state index in [4.69, 9.17) is 14.5 Å². The Morgan fingerprint density at radius 1 is 1.10 bits per heavy atom. The van der Waals surface area contributed by atoms with Gasteiger partial charge in [-0.15, -0.1) is 0 Å². The van der Waals surface area contributed by atoms with Gasteiger partial charge in [-0.25, -0.2) is 9.78 Å². The minimum atomic E-state index is -0.673. The number of esters is 1. The summed E-state index contributed by atoms with van der Waals surface area (Å²) in [6, 6.07) is 19.1. The fraction of sp³-hybridized carbons (Fsp3) is 0.281. The summed E-state index contributed by atoms with van der Waals surface area (Å²) < 4.78 is 16.5. The number of methoxy groups -OCH3 is 1. The number of fused-ring (bicyclic) bond motifs is 3. The maximum Gasteiger partial charge on any atom is 0.339 e. The van der Waals surface area contributed by atoms with Crippen molar-refractivity contribution in [1.82, 2.24) is 10.3 Å². The number of para-hydroxylation sites is 1. The van der Waals surface area contributed by atoms with Crippen molar-refractivity contribution in [3.8, 4) is 11.6 Å². The number of nitrogens with one attached hydrogen (secondary N) is 1. The Morgan fingerprint density at radius 2 is 1.90 bits per heavy atom. The number of aliphatic hydroxyl groups excluding tert-OH is 1. The fourth-order valence-electron chi connectivity index (χ4n) is 4.73. The van der Waals surface area contributed by atoms with E-state index in [2.05, 4.69) is 35.0 Å². The Hall–Kier alpha value is -4.27. The van der Waals surface area contributed by atoms with Crippen LogP contribution in [0.1, 0.15) is 41.8 Å². The summed E-state index contributed by atoms with van der Waals surface area (Å²) in [4.78, 5) is 20.4. The third kappa shape index (κ3) is 6.47. The normalized spacial score (nSPS) is 14.8. The number of aliphatic hydroxyl groups is 1. The molecule has 8 heteroatoms. The number of nitrogens with zero attached hydrogens (tertiary/aromatic N) is 2. The standard InChI is InChI=1S/C32H33N3O5/c1-32(2,17-21-11-14-24(15-12-21)40-29-16-13-22(18-33-29)31(37)38-3)34-19-23(36)20-39-28-10-6-9-27-30(28)25-7-4-5-8-26(25)35-27/h4-8,10-16,18,23,34,36H,9,17,19-20H2,1-3H3/t23-/m0/s1. The molecule has 0 radical (unpaired) electrons. The van der Waals surface area contributed by atoms with Gasteiger partial charge in [-0.1, -0.05) is 36.4 Å². The summed E-state index contributed by atoms with van der Waals surface area (Å²) in [5.41, 5.74) is 5.31. The summed E-state index contributed by atoms with van der Waals surface area (Å²) >= 11 is 0. The van der Waals surface area contributed by atoms with Crippen LogP contribution in [0.15, 0.2) is 89.8 Å². The third-order valence-electron chi connectivity index (χ3n) is 6.74. The first kappa shape index (κ1) is 27.3. The second-order valence-electron chi connectivity index (χ2n) is 10.5. The molecule has 2 aromatic carbocycles. The van der Waals surface area contributed by atoms with Crippen LogP contribution in [0.4, 0.5) is 5.69 Å². The first-order valence-corrected chi connectivity index (χ1v) is 13.3. The number of allylic oxidation sites excluding steroid dienone is 3. The predicted molar refractivity (Wildman–Crippen MR) is 154 cm³/mol. The van der Waals surface area contributed by atoms with Crippen LogP contribution >= 0.6 is 0 Å². The molecule has 0 fully saturated rings. The van der Waals surface area contributed by atoms with E-state index in [0.717, 1.165) is 46.7 Å². The molecule has 5 rings (SSSR count). The molecule has 0 saturated heterocycles. The number of carbonyl (C=O) groups is 1. The lowest BCUT2D eigenvalue weighted by Gasteiger charge is -2.28. The maximum absolute atomic E-state index is 11.6. The molecule has 40 heavy (non-hydrogen) atoms. The second kappa shape index (κ2) is 11.9. The molecule has 1 aliphatic heterocycles. The summed E-state index contributed by atoms with van der Waals surface area (Å²) in [5.74, 6) is 1.35. The fourth-order valence-corrected chi connectivity index (χ4v) is 4.73. The van der Waals surface area contributed by atoms with Crippen LogP contribution in [0.2, 0.25) is 0 Å². The quantitative estimate of drug-likeness (QED) is 0.314. The van der Waals surface area contributed by atoms with E-state index in [1.54, 1.807) is 12.1 Å². The zero-order chi connectivity index (χ0) is 28.1. The van der Waals surface area contributed by atoms with Gasteiger partial charge in [0.15, 0.2) is 0 Å². The van der Waals surface area contributed by atoms with Crippen LogP contribution in [-0.2, 0) is 15.9 Å². The van der Waals surface area contributed by atoms with Gasteiger partial charge in [0.05, 0.1) is 24.1 Å². The molecule has 1 atom stereocenters. The molecule has 1 aromatic heterocycles. The Kier molecular flexibility index (Phi) is 8.09. The highest BCUT2D eigenvalue weighted by molar-refractivity contribution is 6.30. The van der Waals surface area contributed by atoms with Crippen LogP contribution in [0.3, 0.4) is 0 Å². The van der Waals surface area contributed by atoms with Gasteiger partial charge in [0.25, 0.3) is 0 Å². The number of carbonyl (C=O) groups excluding carboxylic acids is 1. The van der Waals surface area contributed by atoms with Crippen LogP contribution in [0.5, 0.6) is 11.6 Å². The summed E-state index contributed by atoms with van der Waals surface area (Å²) in [5, 5.41) is 14.1. The first-order valence-electron chi connectivity index (χ1n) is 13.3. The van der Waals surface area contributed by atoms with E-state index in [0.29, 0.717) is 23.7 Å². The predicted octanol–water partition coefficient (Wildman–Crippen LogP) is 5.41. The molecule has 0 spiro atoms. The molecule has 206 valence electrons. The maximum atomic E-state index is 11.6. The number of rotatable bonds is 11. The van der Waals surface area contributed by atoms with Crippen molar-refractivity contribution in [3.63, 3.8) is 0 Å². The first-order chi connectivity index (χ1) is 19.3. The van der Waals surface area contributed by atoms with Gasteiger partial charge in [0.1, 0.15) is 24.2 Å². The van der Waals surface area contributed by atoms with Crippen LogP contribution in [0.25, 0.3) is 5.57 Å². The molecule has 2 heterocycles. The average molecular weight is 540 g/mol. The minimum absolute atomic E-state index is 0.183. The zero-order valence-corrected chi connectivity index (χ0v) is 22.9. The third-order valence-corrected chi connectivity index (χ3v) is 6.74. The number of β-amino-alcohol motifs (C(OH)–C–C–N with tert-alkyl or cyclic N) is 1. The molecular weight excluding hydrogens is 506 g/mol. The van der Waals surface area contributed by atoms with E-state index < -0.39 is 12.1 Å². The number of benzene rings is 2. The monoisotopic (exact) mass is 539 g/mol. The van der Waals surface area contributed by atoms with Crippen LogP contribution in [-0.4, -0.2) is 53.7 Å². The Labute approximate surface area is 234 Å². The molecule has 0 amide bonds. The van der Waals surface area contributed by atoms with Gasteiger partial charge >= 0.3 is 5.97 Å². The van der Waals surface area contributed by atoms with Crippen molar-refractivity contribution in [2.75, 3.05) is 20.3 Å². The van der Waals surface area contributed by atoms with Gasteiger partial charge < -0.3 is 24.6 Å². The Bertz CT molecular complexity index is 1460. The summed E-state index contributed by atoms with van der Waals surface area (Å²) in [6.45, 7) is 4.78. The van der Waals surface area contributed by atoms with Gasteiger partial charge in [-0.05, 0) is 56.2 Å². The highest BCUT2D eigenvalue weighted by atomic mass is 16.5. The topological polar surface area (TPSA) is 102 Å². The number of hydrogen-bond donors (Lipinski definition) is 2. The molecule has 2 aliphatic rings. The second-order valence-corrected chi connectivity index (χ2v) is 10.5. The van der Waals surface area contributed by atoms with Crippen molar-refractivity contribution < 1.29 is 24.1 Å². The minimum Gasteiger partial charge on any atom is -0.490 e. The Morgan fingerprint density at radius 3 is 2.65 bits per heavy atom. The van der Waals surface area contributed by atoms with Gasteiger partial charge in [0, 0.05) is 41.9 Å². The molecule has 2 N–H and O–H groups in total. The number of pyridine rings is 1. The van der Waals surface area contributed by atoms with E-state index in [1.165, 1.54) is 13.3 Å². The smallest absolute Gasteiger partial charge is 0.339 e.